The molecule has 0 fully saturated rings. The van der Waals surface area contributed by atoms with Crippen LogP contribution in [0.4, 0.5) is 5.69 Å². The Kier molecular flexibility index (Phi) is 6.45. The summed E-state index contributed by atoms with van der Waals surface area (Å²) in [6, 6.07) is 21.6. The molecule has 0 aliphatic heterocycles. The number of carbonyl (C=O) groups is 2. The lowest BCUT2D eigenvalue weighted by Gasteiger charge is -2.10. The maximum absolute atomic E-state index is 12.3. The molecule has 34 heavy (non-hydrogen) atoms. The zero-order valence-corrected chi connectivity index (χ0v) is 19.1. The Balaban J connectivity index is 1.81. The van der Waals surface area contributed by atoms with Crippen molar-refractivity contribution < 1.29 is 19.4 Å². The predicted molar refractivity (Wildman–Crippen MR) is 132 cm³/mol. The number of aromatic nitrogens is 1. The number of aliphatic imine (C=N–C) groups is 1. The molecule has 0 radical (unpaired) electrons. The molecule has 3 N–H and O–H groups in total. The first-order valence-corrected chi connectivity index (χ1v) is 10.9. The first kappa shape index (κ1) is 22.8. The van der Waals surface area contributed by atoms with Crippen LogP contribution in [0.2, 0.25) is 0 Å². The Hall–Kier alpha value is -4.39. The van der Waals surface area contributed by atoms with Crippen molar-refractivity contribution in [3.63, 3.8) is 0 Å². The van der Waals surface area contributed by atoms with Gasteiger partial charge in [0.25, 0.3) is 5.91 Å². The average molecular weight is 456 g/mol. The first-order chi connectivity index (χ1) is 16.4. The minimum atomic E-state index is -0.462. The van der Waals surface area contributed by atoms with Crippen LogP contribution in [0.3, 0.4) is 0 Å². The van der Waals surface area contributed by atoms with E-state index in [1.54, 1.807) is 42.5 Å². The third kappa shape index (κ3) is 4.68. The smallest absolute Gasteiger partial charge is 0.337 e. The number of amides is 1. The van der Waals surface area contributed by atoms with Crippen molar-refractivity contribution in [3.05, 3.63) is 95.1 Å². The summed E-state index contributed by atoms with van der Waals surface area (Å²) in [4.78, 5) is 32.0. The zero-order chi connectivity index (χ0) is 24.2. The number of H-pyrrole nitrogens is 1. The van der Waals surface area contributed by atoms with Crippen LogP contribution < -0.4 is 5.32 Å². The number of nitrogens with one attached hydrogen (secondary N) is 2. The topological polar surface area (TPSA) is 104 Å². The van der Waals surface area contributed by atoms with E-state index in [-0.39, 0.29) is 17.8 Å². The van der Waals surface area contributed by atoms with E-state index >= 15 is 0 Å². The second kappa shape index (κ2) is 9.62. The Morgan fingerprint density at radius 3 is 2.26 bits per heavy atom. The first-order valence-electron chi connectivity index (χ1n) is 10.9. The summed E-state index contributed by atoms with van der Waals surface area (Å²) in [6.45, 7) is 3.81. The molecule has 3 aromatic carbocycles. The van der Waals surface area contributed by atoms with Crippen molar-refractivity contribution in [2.45, 2.75) is 19.9 Å². The van der Waals surface area contributed by atoms with E-state index in [9.17, 15) is 14.7 Å². The van der Waals surface area contributed by atoms with Gasteiger partial charge in [-0.3, -0.25) is 4.79 Å². The molecule has 0 atom stereocenters. The molecule has 0 unspecified atom stereocenters. The van der Waals surface area contributed by atoms with Gasteiger partial charge in [-0.1, -0.05) is 36.4 Å². The Morgan fingerprint density at radius 1 is 0.941 bits per heavy atom. The molecule has 0 aliphatic rings. The van der Waals surface area contributed by atoms with Crippen molar-refractivity contribution in [2.24, 2.45) is 4.99 Å². The van der Waals surface area contributed by atoms with Gasteiger partial charge in [0.15, 0.2) is 5.88 Å². The largest absolute Gasteiger partial charge is 0.494 e. The molecular formula is C27H25N3O4. The Bertz CT molecular complexity index is 1370. The van der Waals surface area contributed by atoms with Crippen molar-refractivity contribution in [1.82, 2.24) is 10.3 Å². The molecule has 7 nitrogen and oxygen atoms in total. The third-order valence-corrected chi connectivity index (χ3v) is 5.27. The van der Waals surface area contributed by atoms with Crippen LogP contribution >= 0.6 is 0 Å². The lowest BCUT2D eigenvalue weighted by atomic mass is 10.00. The number of aromatic amines is 1. The summed E-state index contributed by atoms with van der Waals surface area (Å²) in [5, 5.41) is 14.4. The van der Waals surface area contributed by atoms with E-state index in [0.717, 1.165) is 5.56 Å². The fourth-order valence-electron chi connectivity index (χ4n) is 3.69. The molecule has 0 saturated heterocycles. The molecule has 0 spiro atoms. The molecule has 0 aliphatic carbocycles. The van der Waals surface area contributed by atoms with Crippen LogP contribution in [-0.2, 0) is 4.74 Å². The van der Waals surface area contributed by atoms with Gasteiger partial charge in [-0.15, -0.1) is 0 Å². The number of hydrogen-bond donors (Lipinski definition) is 3. The number of carbonyl (C=O) groups excluding carboxylic acids is 2. The van der Waals surface area contributed by atoms with Gasteiger partial charge in [0, 0.05) is 28.1 Å². The summed E-state index contributed by atoms with van der Waals surface area (Å²) >= 11 is 0. The number of esters is 1. The summed E-state index contributed by atoms with van der Waals surface area (Å²) in [7, 11) is 1.32. The fourth-order valence-corrected chi connectivity index (χ4v) is 3.69. The number of fused-ring (bicyclic) bond motifs is 1. The van der Waals surface area contributed by atoms with Gasteiger partial charge >= 0.3 is 5.97 Å². The lowest BCUT2D eigenvalue weighted by Crippen LogP contribution is -2.29. The lowest BCUT2D eigenvalue weighted by molar-refractivity contribution is 0.0600. The number of aromatic hydroxyl groups is 1. The fraction of sp³-hybridized carbons (Fsp3) is 0.148. The second-order valence-corrected chi connectivity index (χ2v) is 8.10. The zero-order valence-electron chi connectivity index (χ0n) is 19.1. The molecule has 1 amide bonds. The monoisotopic (exact) mass is 455 g/mol. The van der Waals surface area contributed by atoms with Gasteiger partial charge in [-0.05, 0) is 50.2 Å². The number of ether oxygens (including phenoxy) is 1. The van der Waals surface area contributed by atoms with E-state index in [1.165, 1.54) is 7.11 Å². The van der Waals surface area contributed by atoms with E-state index in [4.69, 9.17) is 9.73 Å². The highest BCUT2D eigenvalue weighted by molar-refractivity contribution is 6.22. The van der Waals surface area contributed by atoms with Gasteiger partial charge < -0.3 is 20.1 Å². The normalized spacial score (nSPS) is 11.6. The van der Waals surface area contributed by atoms with Crippen LogP contribution in [0, 0.1) is 0 Å². The maximum Gasteiger partial charge on any atom is 0.337 e. The van der Waals surface area contributed by atoms with Crippen LogP contribution in [0.1, 0.15) is 45.7 Å². The average Bonchev–Trinajstić information content (AvgIpc) is 3.17. The molecule has 0 bridgehead atoms. The third-order valence-electron chi connectivity index (χ3n) is 5.27. The highest BCUT2D eigenvalue weighted by Gasteiger charge is 2.20. The van der Waals surface area contributed by atoms with Crippen LogP contribution in [0.15, 0.2) is 77.8 Å². The van der Waals surface area contributed by atoms with Crippen molar-refractivity contribution in [1.29, 1.82) is 0 Å². The molecule has 1 aromatic heterocycles. The van der Waals surface area contributed by atoms with Gasteiger partial charge in [-0.2, -0.15) is 0 Å². The summed E-state index contributed by atoms with van der Waals surface area (Å²) in [5.74, 6) is -0.673. The highest BCUT2D eigenvalue weighted by atomic mass is 16.5. The molecule has 172 valence electrons. The van der Waals surface area contributed by atoms with Gasteiger partial charge in [0.05, 0.1) is 29.6 Å². The van der Waals surface area contributed by atoms with E-state index in [2.05, 4.69) is 10.3 Å². The van der Waals surface area contributed by atoms with Crippen molar-refractivity contribution >= 4 is 34.2 Å². The minimum Gasteiger partial charge on any atom is -0.494 e. The quantitative estimate of drug-likeness (QED) is 0.282. The van der Waals surface area contributed by atoms with Crippen LogP contribution in [0.5, 0.6) is 5.88 Å². The number of methoxy groups -OCH3 is 1. The van der Waals surface area contributed by atoms with Gasteiger partial charge in [0.1, 0.15) is 0 Å². The van der Waals surface area contributed by atoms with E-state index in [1.807, 2.05) is 44.2 Å². The van der Waals surface area contributed by atoms with E-state index < -0.39 is 5.97 Å². The SMILES string of the molecule is COC(=O)c1ccc2c(C(=Nc3ccc(C(=O)NC(C)C)cc3)c3ccccc3)c(O)[nH]c2c1. The molecular weight excluding hydrogens is 430 g/mol. The van der Waals surface area contributed by atoms with Crippen LogP contribution in [-0.4, -0.2) is 40.8 Å². The number of benzene rings is 3. The van der Waals surface area contributed by atoms with Gasteiger partial charge in [-0.25, -0.2) is 9.79 Å². The summed E-state index contributed by atoms with van der Waals surface area (Å²) in [6.07, 6.45) is 0. The standard InChI is InChI=1S/C27H25N3O4/c1-16(2)28-25(31)18-9-12-20(13-10-18)29-24(17-7-5-4-6-8-17)23-21-14-11-19(27(33)34-3)15-22(21)30-26(23)32/h4-16,30,32H,1-3H3,(H,28,31). The predicted octanol–water partition coefficient (Wildman–Crippen LogP) is 4.97. The van der Waals surface area contributed by atoms with Crippen molar-refractivity contribution in [3.8, 4) is 5.88 Å². The minimum absolute atomic E-state index is 0.0411. The number of nitrogens with zero attached hydrogens (tertiary/aromatic N) is 1. The molecule has 4 rings (SSSR count). The number of hydrogen-bond acceptors (Lipinski definition) is 5. The molecule has 1 heterocycles. The van der Waals surface area contributed by atoms with Crippen LogP contribution in [0.25, 0.3) is 10.9 Å². The van der Waals surface area contributed by atoms with Crippen molar-refractivity contribution in [2.75, 3.05) is 7.11 Å². The summed E-state index contributed by atoms with van der Waals surface area (Å²) < 4.78 is 4.80. The summed E-state index contributed by atoms with van der Waals surface area (Å²) in [5.41, 5.74) is 3.99. The molecule has 7 heteroatoms. The number of rotatable bonds is 6. The van der Waals surface area contributed by atoms with Gasteiger partial charge in [0.2, 0.25) is 0 Å². The molecule has 4 aromatic rings. The Labute approximate surface area is 197 Å². The maximum atomic E-state index is 12.3. The Morgan fingerprint density at radius 2 is 1.62 bits per heavy atom. The highest BCUT2D eigenvalue weighted by Crippen LogP contribution is 2.32. The van der Waals surface area contributed by atoms with E-state index in [0.29, 0.717) is 39.0 Å². The second-order valence-electron chi connectivity index (χ2n) is 8.10. The molecule has 0 saturated carbocycles.